The van der Waals surface area contributed by atoms with Gasteiger partial charge < -0.3 is 19.5 Å². The second kappa shape index (κ2) is 10.1. The molecule has 0 aliphatic rings. The summed E-state index contributed by atoms with van der Waals surface area (Å²) in [5, 5.41) is 3.20. The van der Waals surface area contributed by atoms with E-state index in [4.69, 9.17) is 21.1 Å². The molecule has 28 heavy (non-hydrogen) atoms. The largest absolute Gasteiger partial charge is 0.493 e. The number of carbonyl (C=O) groups is 1. The maximum absolute atomic E-state index is 12.5. The fraction of sp³-hybridized carbons (Fsp3) is 0.350. The third-order valence-corrected chi connectivity index (χ3v) is 3.93. The molecule has 0 unspecified atom stereocenters. The highest BCUT2D eigenvalue weighted by Crippen LogP contribution is 2.29. The smallest absolute Gasteiger partial charge is 0.387 e. The van der Waals surface area contributed by atoms with Gasteiger partial charge in [-0.2, -0.15) is 8.78 Å². The molecule has 0 aromatic heterocycles. The van der Waals surface area contributed by atoms with E-state index >= 15 is 0 Å². The van der Waals surface area contributed by atoms with E-state index in [-0.39, 0.29) is 30.1 Å². The van der Waals surface area contributed by atoms with Crippen LogP contribution < -0.4 is 19.5 Å². The minimum atomic E-state index is -2.95. The first-order valence-electron chi connectivity index (χ1n) is 8.66. The summed E-state index contributed by atoms with van der Waals surface area (Å²) in [5.74, 6) is 0.260. The molecule has 0 bridgehead atoms. The molecule has 1 N–H and O–H groups in total. The van der Waals surface area contributed by atoms with Crippen molar-refractivity contribution in [3.8, 4) is 17.2 Å². The van der Waals surface area contributed by atoms with E-state index in [1.807, 2.05) is 13.8 Å². The molecule has 0 heterocycles. The van der Waals surface area contributed by atoms with Crippen molar-refractivity contribution in [1.82, 2.24) is 5.32 Å². The van der Waals surface area contributed by atoms with Crippen molar-refractivity contribution in [2.75, 3.05) is 13.7 Å². The van der Waals surface area contributed by atoms with Gasteiger partial charge in [0.05, 0.1) is 18.8 Å². The van der Waals surface area contributed by atoms with E-state index in [2.05, 4.69) is 10.1 Å². The Labute approximate surface area is 167 Å². The van der Waals surface area contributed by atoms with Gasteiger partial charge in [0.1, 0.15) is 5.75 Å². The third-order valence-electron chi connectivity index (χ3n) is 3.69. The van der Waals surface area contributed by atoms with Gasteiger partial charge in [-0.25, -0.2) is 0 Å². The standard InChI is InChI=1S/C20H22ClF2NO4/c1-12(2)27-16-7-5-14(21)11-15(16)19(25)24-9-8-13-4-6-17(26-3)18(10-13)28-20(22)23/h4-7,10-12,20H,8-9H2,1-3H3,(H,24,25). The fourth-order valence-electron chi connectivity index (χ4n) is 2.52. The quantitative estimate of drug-likeness (QED) is 0.646. The van der Waals surface area contributed by atoms with Crippen LogP contribution in [0, 0.1) is 0 Å². The Morgan fingerprint density at radius 2 is 1.79 bits per heavy atom. The van der Waals surface area contributed by atoms with Gasteiger partial charge >= 0.3 is 6.61 Å². The van der Waals surface area contributed by atoms with Gasteiger partial charge in [0.2, 0.25) is 0 Å². The number of nitrogens with one attached hydrogen (secondary N) is 1. The van der Waals surface area contributed by atoms with Crippen molar-refractivity contribution in [2.24, 2.45) is 0 Å². The Balaban J connectivity index is 2.03. The number of ether oxygens (including phenoxy) is 3. The van der Waals surface area contributed by atoms with E-state index < -0.39 is 6.61 Å². The summed E-state index contributed by atoms with van der Waals surface area (Å²) in [5.41, 5.74) is 1.04. The molecule has 0 spiro atoms. The minimum Gasteiger partial charge on any atom is -0.493 e. The Bertz CT molecular complexity index is 815. The second-order valence-corrected chi connectivity index (χ2v) is 6.61. The number of rotatable bonds is 9. The highest BCUT2D eigenvalue weighted by molar-refractivity contribution is 6.31. The van der Waals surface area contributed by atoms with Crippen molar-refractivity contribution in [3.63, 3.8) is 0 Å². The molecule has 0 fully saturated rings. The number of halogens is 3. The van der Waals surface area contributed by atoms with Gasteiger partial charge in [0.15, 0.2) is 11.5 Å². The van der Waals surface area contributed by atoms with Gasteiger partial charge in [-0.15, -0.1) is 0 Å². The van der Waals surface area contributed by atoms with Crippen LogP contribution in [0.3, 0.4) is 0 Å². The first-order chi connectivity index (χ1) is 13.3. The van der Waals surface area contributed by atoms with E-state index in [0.717, 1.165) is 0 Å². The van der Waals surface area contributed by atoms with Crippen LogP contribution in [0.2, 0.25) is 5.02 Å². The van der Waals surface area contributed by atoms with Crippen LogP contribution in [0.15, 0.2) is 36.4 Å². The van der Waals surface area contributed by atoms with Gasteiger partial charge in [-0.1, -0.05) is 17.7 Å². The van der Waals surface area contributed by atoms with Crippen molar-refractivity contribution in [2.45, 2.75) is 33.0 Å². The number of amides is 1. The Kier molecular flexibility index (Phi) is 7.87. The molecule has 0 aliphatic heterocycles. The minimum absolute atomic E-state index is 0.0520. The van der Waals surface area contributed by atoms with Crippen LogP contribution in [0.4, 0.5) is 8.78 Å². The molecule has 1 amide bonds. The number of carbonyl (C=O) groups excluding carboxylic acids is 1. The van der Waals surface area contributed by atoms with E-state index in [0.29, 0.717) is 28.3 Å². The number of hydrogen-bond donors (Lipinski definition) is 1. The predicted octanol–water partition coefficient (Wildman–Crippen LogP) is 4.71. The Hall–Kier alpha value is -2.54. The lowest BCUT2D eigenvalue weighted by molar-refractivity contribution is -0.0512. The molecule has 0 saturated heterocycles. The van der Waals surface area contributed by atoms with Crippen LogP contribution >= 0.6 is 11.6 Å². The van der Waals surface area contributed by atoms with E-state index in [1.165, 1.54) is 19.2 Å². The van der Waals surface area contributed by atoms with Crippen molar-refractivity contribution < 1.29 is 27.8 Å². The summed E-state index contributed by atoms with van der Waals surface area (Å²) < 4.78 is 40.1. The van der Waals surface area contributed by atoms with Crippen LogP contribution in [0.1, 0.15) is 29.8 Å². The average molecular weight is 414 g/mol. The molecule has 0 aliphatic carbocycles. The predicted molar refractivity (Wildman–Crippen MR) is 103 cm³/mol. The zero-order chi connectivity index (χ0) is 20.7. The number of methoxy groups -OCH3 is 1. The number of hydrogen-bond acceptors (Lipinski definition) is 4. The highest BCUT2D eigenvalue weighted by atomic mass is 35.5. The SMILES string of the molecule is COc1ccc(CCNC(=O)c2cc(Cl)ccc2OC(C)C)cc1OC(F)F. The average Bonchev–Trinajstić information content (AvgIpc) is 2.62. The zero-order valence-electron chi connectivity index (χ0n) is 15.8. The van der Waals surface area contributed by atoms with Crippen LogP contribution in [0.25, 0.3) is 0 Å². The molecule has 0 saturated carbocycles. The Morgan fingerprint density at radius 1 is 1.07 bits per heavy atom. The Morgan fingerprint density at radius 3 is 2.43 bits per heavy atom. The molecule has 0 radical (unpaired) electrons. The lowest BCUT2D eigenvalue weighted by Crippen LogP contribution is -2.26. The molecule has 8 heteroatoms. The molecule has 2 aromatic carbocycles. The first kappa shape index (κ1) is 21.8. The monoisotopic (exact) mass is 413 g/mol. The normalized spacial score (nSPS) is 10.9. The van der Waals surface area contributed by atoms with Gasteiger partial charge in [0, 0.05) is 11.6 Å². The summed E-state index contributed by atoms with van der Waals surface area (Å²) in [6.45, 7) is 1.05. The maximum Gasteiger partial charge on any atom is 0.387 e. The molecular weight excluding hydrogens is 392 g/mol. The van der Waals surface area contributed by atoms with Crippen LogP contribution in [-0.2, 0) is 6.42 Å². The van der Waals surface area contributed by atoms with Crippen LogP contribution in [-0.4, -0.2) is 32.3 Å². The third kappa shape index (κ3) is 6.27. The van der Waals surface area contributed by atoms with Gasteiger partial charge in [-0.3, -0.25) is 4.79 Å². The molecule has 2 rings (SSSR count). The lowest BCUT2D eigenvalue weighted by atomic mass is 10.1. The number of alkyl halides is 2. The highest BCUT2D eigenvalue weighted by Gasteiger charge is 2.15. The van der Waals surface area contributed by atoms with Crippen LogP contribution in [0.5, 0.6) is 17.2 Å². The topological polar surface area (TPSA) is 56.8 Å². The number of benzene rings is 2. The van der Waals surface area contributed by atoms with Crippen molar-refractivity contribution in [3.05, 3.63) is 52.5 Å². The molecular formula is C20H22ClF2NO4. The van der Waals surface area contributed by atoms with E-state index in [1.54, 1.807) is 24.3 Å². The summed E-state index contributed by atoms with van der Waals surface area (Å²) in [6, 6.07) is 9.56. The summed E-state index contributed by atoms with van der Waals surface area (Å²) in [7, 11) is 1.37. The second-order valence-electron chi connectivity index (χ2n) is 6.18. The van der Waals surface area contributed by atoms with Gasteiger partial charge in [-0.05, 0) is 56.2 Å². The molecule has 5 nitrogen and oxygen atoms in total. The maximum atomic E-state index is 12.5. The fourth-order valence-corrected chi connectivity index (χ4v) is 2.69. The van der Waals surface area contributed by atoms with E-state index in [9.17, 15) is 13.6 Å². The van der Waals surface area contributed by atoms with Crippen molar-refractivity contribution >= 4 is 17.5 Å². The molecule has 0 atom stereocenters. The molecule has 152 valence electrons. The first-order valence-corrected chi connectivity index (χ1v) is 9.04. The summed E-state index contributed by atoms with van der Waals surface area (Å²) in [6.07, 6.45) is 0.316. The summed E-state index contributed by atoms with van der Waals surface area (Å²) >= 11 is 5.99. The summed E-state index contributed by atoms with van der Waals surface area (Å²) in [4.78, 5) is 12.5. The lowest BCUT2D eigenvalue weighted by Gasteiger charge is -2.15. The zero-order valence-corrected chi connectivity index (χ0v) is 16.6. The van der Waals surface area contributed by atoms with Crippen molar-refractivity contribution in [1.29, 1.82) is 0 Å². The van der Waals surface area contributed by atoms with Gasteiger partial charge in [0.25, 0.3) is 5.91 Å². The molecule has 2 aromatic rings.